The number of hydrogen-bond acceptors (Lipinski definition) is 6. The lowest BCUT2D eigenvalue weighted by molar-refractivity contribution is 0.150. The number of hydrogen-bond donors (Lipinski definition) is 3. The van der Waals surface area contributed by atoms with Gasteiger partial charge in [0, 0.05) is 28.4 Å². The number of aromatic amines is 1. The van der Waals surface area contributed by atoms with Gasteiger partial charge in [-0.15, -0.1) is 0 Å². The molecule has 0 unspecified atom stereocenters. The van der Waals surface area contributed by atoms with Crippen molar-refractivity contribution in [1.82, 2.24) is 15.3 Å². The van der Waals surface area contributed by atoms with Crippen LogP contribution in [0.1, 0.15) is 22.7 Å². The fraction of sp³-hybridized carbons (Fsp3) is 0.188. The van der Waals surface area contributed by atoms with E-state index in [1.165, 1.54) is 5.56 Å². The van der Waals surface area contributed by atoms with Crippen LogP contribution in [0.3, 0.4) is 0 Å². The molecule has 7 nitrogen and oxygen atoms in total. The molecular weight excluding hydrogens is 486 g/mol. The van der Waals surface area contributed by atoms with E-state index in [9.17, 15) is 0 Å². The molecule has 6 rings (SSSR count). The first kappa shape index (κ1) is 24.5. The van der Waals surface area contributed by atoms with Crippen LogP contribution >= 0.6 is 0 Å². The number of benzene rings is 3. The Morgan fingerprint density at radius 2 is 1.92 bits per heavy atom. The molecule has 0 radical (unpaired) electrons. The maximum atomic E-state index is 9.05. The van der Waals surface area contributed by atoms with Crippen LogP contribution in [0.2, 0.25) is 0 Å². The monoisotopic (exact) mass is 515 g/mol. The van der Waals surface area contributed by atoms with Gasteiger partial charge in [0.2, 0.25) is 5.88 Å². The highest BCUT2D eigenvalue weighted by Crippen LogP contribution is 2.36. The van der Waals surface area contributed by atoms with Gasteiger partial charge < -0.3 is 25.1 Å². The van der Waals surface area contributed by atoms with E-state index in [-0.39, 0.29) is 12.1 Å². The number of rotatable bonds is 8. The Kier molecular flexibility index (Phi) is 6.86. The number of H-pyrrole nitrogens is 1. The van der Waals surface area contributed by atoms with Crippen LogP contribution in [0.5, 0.6) is 11.6 Å². The molecule has 0 bridgehead atoms. The van der Waals surface area contributed by atoms with Crippen LogP contribution in [0, 0.1) is 11.3 Å². The highest BCUT2D eigenvalue weighted by atomic mass is 16.5. The van der Waals surface area contributed by atoms with Gasteiger partial charge in [0.15, 0.2) is 0 Å². The van der Waals surface area contributed by atoms with Crippen molar-refractivity contribution in [3.8, 4) is 29.0 Å². The van der Waals surface area contributed by atoms with Crippen molar-refractivity contribution in [3.05, 3.63) is 108 Å². The summed E-state index contributed by atoms with van der Waals surface area (Å²) in [6, 6.07) is 30.4. The van der Waals surface area contributed by atoms with Crippen LogP contribution in [0.15, 0.2) is 91.1 Å². The fourth-order valence-electron chi connectivity index (χ4n) is 5.10. The number of nitrogens with zero attached hydrogens (tertiary/aromatic N) is 2. The standard InChI is InChI=1S/C32H29N5O2/c1-38-29-9-5-8-26-25(29)17-27(37-26)24-16-28-32(36-19-24)39-30(20-35-28)31(23-6-3-2-4-7-23)34-15-14-21-10-12-22(18-33)13-11-21/h2-13,16-17,19,30-31,34-35,37H,14-15,20H2,1H3/t30-,31+/m0/s1. The Hall–Kier alpha value is -4.80. The van der Waals surface area contributed by atoms with E-state index in [1.807, 2.05) is 54.7 Å². The predicted molar refractivity (Wildman–Crippen MR) is 153 cm³/mol. The third-order valence-electron chi connectivity index (χ3n) is 7.15. The van der Waals surface area contributed by atoms with E-state index < -0.39 is 0 Å². The zero-order valence-corrected chi connectivity index (χ0v) is 21.6. The number of fused-ring (bicyclic) bond motifs is 2. The highest BCUT2D eigenvalue weighted by molar-refractivity contribution is 5.91. The summed E-state index contributed by atoms with van der Waals surface area (Å²) in [6.45, 7) is 1.41. The van der Waals surface area contributed by atoms with Gasteiger partial charge in [-0.1, -0.05) is 48.5 Å². The zero-order chi connectivity index (χ0) is 26.6. The number of nitriles is 1. The van der Waals surface area contributed by atoms with Crippen molar-refractivity contribution >= 4 is 16.6 Å². The largest absolute Gasteiger partial charge is 0.496 e. The van der Waals surface area contributed by atoms with E-state index in [4.69, 9.17) is 14.7 Å². The maximum Gasteiger partial charge on any atom is 0.237 e. The molecule has 5 aromatic rings. The normalized spacial score (nSPS) is 15.0. The fourth-order valence-corrected chi connectivity index (χ4v) is 5.10. The lowest BCUT2D eigenvalue weighted by atomic mass is 9.99. The maximum absolute atomic E-state index is 9.05. The number of methoxy groups -OCH3 is 1. The molecule has 1 aliphatic heterocycles. The van der Waals surface area contributed by atoms with Crippen LogP contribution in [-0.2, 0) is 6.42 Å². The van der Waals surface area contributed by atoms with Gasteiger partial charge in [0.25, 0.3) is 0 Å². The van der Waals surface area contributed by atoms with Crippen LogP contribution in [-0.4, -0.2) is 36.3 Å². The average Bonchev–Trinajstić information content (AvgIpc) is 3.44. The van der Waals surface area contributed by atoms with Crippen molar-refractivity contribution in [3.63, 3.8) is 0 Å². The molecule has 194 valence electrons. The third kappa shape index (κ3) is 5.15. The van der Waals surface area contributed by atoms with Crippen molar-refractivity contribution < 1.29 is 9.47 Å². The number of anilines is 1. The number of ether oxygens (including phenoxy) is 2. The van der Waals surface area contributed by atoms with Crippen LogP contribution in [0.4, 0.5) is 5.69 Å². The molecule has 3 N–H and O–H groups in total. The Labute approximate surface area is 227 Å². The predicted octanol–water partition coefficient (Wildman–Crippen LogP) is 5.86. The van der Waals surface area contributed by atoms with E-state index >= 15 is 0 Å². The van der Waals surface area contributed by atoms with Gasteiger partial charge in [-0.05, 0) is 60.5 Å². The van der Waals surface area contributed by atoms with Gasteiger partial charge in [0.05, 0.1) is 37.0 Å². The molecule has 0 spiro atoms. The minimum atomic E-state index is -0.142. The smallest absolute Gasteiger partial charge is 0.237 e. The molecule has 0 aliphatic carbocycles. The first-order chi connectivity index (χ1) is 19.2. The summed E-state index contributed by atoms with van der Waals surface area (Å²) < 4.78 is 12.0. The molecule has 7 heteroatoms. The van der Waals surface area contributed by atoms with E-state index in [0.29, 0.717) is 18.0 Å². The lowest BCUT2D eigenvalue weighted by Gasteiger charge is -2.33. The first-order valence-corrected chi connectivity index (χ1v) is 13.1. The van der Waals surface area contributed by atoms with Crippen molar-refractivity contribution in [2.24, 2.45) is 0 Å². The Morgan fingerprint density at radius 1 is 1.08 bits per heavy atom. The highest BCUT2D eigenvalue weighted by Gasteiger charge is 2.29. The van der Waals surface area contributed by atoms with Gasteiger partial charge in [-0.3, -0.25) is 0 Å². The minimum Gasteiger partial charge on any atom is -0.496 e. The molecule has 2 aromatic heterocycles. The summed E-state index contributed by atoms with van der Waals surface area (Å²) in [6.07, 6.45) is 2.55. The summed E-state index contributed by atoms with van der Waals surface area (Å²) in [5.41, 5.74) is 6.86. The molecule has 3 aromatic carbocycles. The van der Waals surface area contributed by atoms with Crippen molar-refractivity contribution in [2.75, 3.05) is 25.5 Å². The Morgan fingerprint density at radius 3 is 2.72 bits per heavy atom. The third-order valence-corrected chi connectivity index (χ3v) is 7.15. The SMILES string of the molecule is COc1cccc2[nH]c(-c3cnc4c(c3)NC[C@@H]([C@H](NCCc3ccc(C#N)cc3)c3ccccc3)O4)cc12. The summed E-state index contributed by atoms with van der Waals surface area (Å²) in [5.74, 6) is 1.43. The van der Waals surface area contributed by atoms with Gasteiger partial charge in [-0.2, -0.15) is 5.26 Å². The molecule has 0 saturated heterocycles. The quantitative estimate of drug-likeness (QED) is 0.240. The molecule has 39 heavy (non-hydrogen) atoms. The number of aromatic nitrogens is 2. The Bertz CT molecular complexity index is 1620. The van der Waals surface area contributed by atoms with Crippen LogP contribution in [0.25, 0.3) is 22.2 Å². The summed E-state index contributed by atoms with van der Waals surface area (Å²) >= 11 is 0. The van der Waals surface area contributed by atoms with Gasteiger partial charge in [0.1, 0.15) is 11.9 Å². The number of pyridine rings is 1. The second kappa shape index (κ2) is 10.9. The van der Waals surface area contributed by atoms with Gasteiger partial charge in [-0.25, -0.2) is 4.98 Å². The zero-order valence-electron chi connectivity index (χ0n) is 21.6. The van der Waals surface area contributed by atoms with Crippen LogP contribution < -0.4 is 20.1 Å². The van der Waals surface area contributed by atoms with E-state index in [2.05, 4.69) is 63.1 Å². The molecule has 0 amide bonds. The minimum absolute atomic E-state index is 0.0205. The Balaban J connectivity index is 1.19. The number of nitrogens with one attached hydrogen (secondary N) is 3. The second-order valence-corrected chi connectivity index (χ2v) is 9.62. The second-order valence-electron chi connectivity index (χ2n) is 9.62. The molecule has 3 heterocycles. The van der Waals surface area contributed by atoms with E-state index in [0.717, 1.165) is 52.1 Å². The average molecular weight is 516 g/mol. The van der Waals surface area contributed by atoms with Crippen molar-refractivity contribution in [1.29, 1.82) is 5.26 Å². The summed E-state index contributed by atoms with van der Waals surface area (Å²) in [5, 5.41) is 17.3. The summed E-state index contributed by atoms with van der Waals surface area (Å²) in [4.78, 5) is 8.16. The summed E-state index contributed by atoms with van der Waals surface area (Å²) in [7, 11) is 1.68. The van der Waals surface area contributed by atoms with E-state index in [1.54, 1.807) is 7.11 Å². The molecule has 0 saturated carbocycles. The molecule has 2 atom stereocenters. The lowest BCUT2D eigenvalue weighted by Crippen LogP contribution is -2.43. The first-order valence-electron chi connectivity index (χ1n) is 13.1. The molecule has 1 aliphatic rings. The van der Waals surface area contributed by atoms with Gasteiger partial charge >= 0.3 is 0 Å². The molecular formula is C32H29N5O2. The molecule has 0 fully saturated rings. The topological polar surface area (TPSA) is 95.0 Å². The van der Waals surface area contributed by atoms with Crippen molar-refractivity contribution in [2.45, 2.75) is 18.6 Å².